The van der Waals surface area contributed by atoms with Crippen LogP contribution in [0.4, 0.5) is 0 Å². The van der Waals surface area contributed by atoms with E-state index in [0.29, 0.717) is 5.56 Å². The van der Waals surface area contributed by atoms with Gasteiger partial charge in [0, 0.05) is 5.56 Å². The summed E-state index contributed by atoms with van der Waals surface area (Å²) in [5.41, 5.74) is 6.80. The first-order valence-corrected chi connectivity index (χ1v) is 3.91. The Bertz CT molecular complexity index is 428. The van der Waals surface area contributed by atoms with E-state index in [-0.39, 0.29) is 12.2 Å². The lowest BCUT2D eigenvalue weighted by Gasteiger charge is -1.99. The van der Waals surface area contributed by atoms with Gasteiger partial charge in [0.1, 0.15) is 5.70 Å². The first kappa shape index (κ1) is 9.93. The topological polar surface area (TPSA) is 72.5 Å². The van der Waals surface area contributed by atoms with Crippen molar-refractivity contribution < 1.29 is 9.59 Å². The van der Waals surface area contributed by atoms with Crippen molar-refractivity contribution in [3.8, 4) is 0 Å². The first-order valence-electron chi connectivity index (χ1n) is 3.91. The second-order valence-electron chi connectivity index (χ2n) is 2.62. The molecule has 70 valence electrons. The molecule has 4 heteroatoms. The van der Waals surface area contributed by atoms with Gasteiger partial charge >= 0.3 is 0 Å². The van der Waals surface area contributed by atoms with Gasteiger partial charge < -0.3 is 5.73 Å². The Hall–Kier alpha value is -2.15. The summed E-state index contributed by atoms with van der Waals surface area (Å²) in [6.45, 7) is 0.240. The second-order valence-corrected chi connectivity index (χ2v) is 2.62. The lowest BCUT2D eigenvalue weighted by Crippen LogP contribution is -1.97. The number of hydrogen-bond donors (Lipinski definition) is 1. The minimum atomic E-state index is 0.0435. The lowest BCUT2D eigenvalue weighted by atomic mass is 10.1. The summed E-state index contributed by atoms with van der Waals surface area (Å²) in [5, 5.41) is 0. The highest BCUT2D eigenvalue weighted by atomic mass is 16.1. The third-order valence-electron chi connectivity index (χ3n) is 1.67. The predicted molar refractivity (Wildman–Crippen MR) is 51.6 cm³/mol. The average molecular weight is 188 g/mol. The van der Waals surface area contributed by atoms with Crippen molar-refractivity contribution in [3.63, 3.8) is 0 Å². The number of rotatable bonds is 3. The molecule has 0 fully saturated rings. The van der Waals surface area contributed by atoms with Crippen LogP contribution in [-0.4, -0.2) is 12.0 Å². The smallest absolute Gasteiger partial charge is 0.235 e. The molecule has 14 heavy (non-hydrogen) atoms. The lowest BCUT2D eigenvalue weighted by molar-refractivity contribution is 0.562. The molecule has 0 amide bonds. The molecule has 0 aliphatic heterocycles. The molecule has 1 rings (SSSR count). The maximum Gasteiger partial charge on any atom is 0.235 e. The van der Waals surface area contributed by atoms with Crippen LogP contribution in [0.15, 0.2) is 29.3 Å². The quantitative estimate of drug-likeness (QED) is 0.430. The first-order chi connectivity index (χ1) is 6.77. The van der Waals surface area contributed by atoms with E-state index < -0.39 is 0 Å². The molecule has 0 aromatic heterocycles. The van der Waals surface area contributed by atoms with E-state index in [1.807, 2.05) is 0 Å². The molecule has 0 heterocycles. The summed E-state index contributed by atoms with van der Waals surface area (Å²) in [5.74, 6) is 1.60. The van der Waals surface area contributed by atoms with Crippen LogP contribution in [0, 0.1) is 0 Å². The van der Waals surface area contributed by atoms with Crippen LogP contribution in [-0.2, 0) is 16.1 Å². The average Bonchev–Trinajstić information content (AvgIpc) is 2.25. The Kier molecular flexibility index (Phi) is 3.39. The Morgan fingerprint density at radius 2 is 2.21 bits per heavy atom. The summed E-state index contributed by atoms with van der Waals surface area (Å²) in [6.07, 6.45) is 1.44. The van der Waals surface area contributed by atoms with Crippen LogP contribution in [0.3, 0.4) is 0 Å². The van der Waals surface area contributed by atoms with Gasteiger partial charge in [-0.1, -0.05) is 18.2 Å². The van der Waals surface area contributed by atoms with Crippen LogP contribution in [0.5, 0.6) is 0 Å². The van der Waals surface area contributed by atoms with Crippen molar-refractivity contribution in [1.29, 1.82) is 0 Å². The molecule has 1 aromatic rings. The zero-order valence-electron chi connectivity index (χ0n) is 7.36. The molecule has 0 spiro atoms. The highest BCUT2D eigenvalue weighted by Gasteiger charge is 1.98. The Morgan fingerprint density at radius 1 is 1.43 bits per heavy atom. The molecule has 0 atom stereocenters. The van der Waals surface area contributed by atoms with Crippen LogP contribution < -0.4 is 5.73 Å². The van der Waals surface area contributed by atoms with Gasteiger partial charge in [0.2, 0.25) is 6.08 Å². The van der Waals surface area contributed by atoms with E-state index in [9.17, 15) is 9.59 Å². The van der Waals surface area contributed by atoms with Gasteiger partial charge in [-0.3, -0.25) is 0 Å². The molecule has 0 bridgehead atoms. The second kappa shape index (κ2) is 4.77. The van der Waals surface area contributed by atoms with Gasteiger partial charge in [-0.25, -0.2) is 14.6 Å². The van der Waals surface area contributed by atoms with Crippen molar-refractivity contribution in [2.45, 2.75) is 6.54 Å². The van der Waals surface area contributed by atoms with E-state index in [1.165, 1.54) is 6.08 Å². The standard InChI is InChI=1S/C10H8N2O2/c11-10(6-13)9-3-1-2-8(4-9)5-12-7-14/h1-4H,5,11H2. The van der Waals surface area contributed by atoms with Gasteiger partial charge in [0.15, 0.2) is 5.94 Å². The van der Waals surface area contributed by atoms with Crippen molar-refractivity contribution in [2.75, 3.05) is 0 Å². The number of nitrogens with two attached hydrogens (primary N) is 1. The van der Waals surface area contributed by atoms with Crippen molar-refractivity contribution >= 4 is 17.7 Å². The van der Waals surface area contributed by atoms with Gasteiger partial charge in [0.05, 0.1) is 6.54 Å². The van der Waals surface area contributed by atoms with Gasteiger partial charge in [-0.2, -0.15) is 0 Å². The van der Waals surface area contributed by atoms with E-state index in [0.717, 1.165) is 5.56 Å². The number of nitrogens with zero attached hydrogens (tertiary/aromatic N) is 1. The SMILES string of the molecule is NC(=C=O)c1cccc(CN=C=O)c1. The zero-order valence-corrected chi connectivity index (χ0v) is 7.36. The molecule has 1 aromatic carbocycles. The van der Waals surface area contributed by atoms with Crippen LogP contribution in [0.25, 0.3) is 5.70 Å². The van der Waals surface area contributed by atoms with Crippen LogP contribution in [0.2, 0.25) is 0 Å². The monoisotopic (exact) mass is 188 g/mol. The minimum Gasteiger partial charge on any atom is -0.389 e. The molecule has 0 unspecified atom stereocenters. The predicted octanol–water partition coefficient (Wildman–Crippen LogP) is 0.654. The van der Waals surface area contributed by atoms with E-state index in [1.54, 1.807) is 30.2 Å². The maximum absolute atomic E-state index is 10.3. The molecule has 2 N–H and O–H groups in total. The van der Waals surface area contributed by atoms with Crippen molar-refractivity contribution in [2.24, 2.45) is 10.7 Å². The normalized spacial score (nSPS) is 8.57. The van der Waals surface area contributed by atoms with Crippen molar-refractivity contribution in [3.05, 3.63) is 35.4 Å². The molecule has 0 radical (unpaired) electrons. The van der Waals surface area contributed by atoms with E-state index in [2.05, 4.69) is 4.99 Å². The van der Waals surface area contributed by atoms with E-state index >= 15 is 0 Å². The van der Waals surface area contributed by atoms with Gasteiger partial charge in [-0.15, -0.1) is 0 Å². The summed E-state index contributed by atoms with van der Waals surface area (Å²) < 4.78 is 0. The van der Waals surface area contributed by atoms with E-state index in [4.69, 9.17) is 5.73 Å². The largest absolute Gasteiger partial charge is 0.389 e. The van der Waals surface area contributed by atoms with Crippen LogP contribution >= 0.6 is 0 Å². The number of hydrogen-bond acceptors (Lipinski definition) is 4. The number of aliphatic imine (C=N–C) groups is 1. The molecule has 0 aliphatic rings. The Balaban J connectivity index is 3.00. The number of carbonyl (C=O) groups excluding carboxylic acids is 2. The summed E-state index contributed by atoms with van der Waals surface area (Å²) in [7, 11) is 0. The molecule has 4 nitrogen and oxygen atoms in total. The summed E-state index contributed by atoms with van der Waals surface area (Å²) in [6, 6.07) is 6.88. The summed E-state index contributed by atoms with van der Waals surface area (Å²) in [4.78, 5) is 23.5. The summed E-state index contributed by atoms with van der Waals surface area (Å²) >= 11 is 0. The number of isocyanates is 1. The Labute approximate surface area is 80.8 Å². The fourth-order valence-corrected chi connectivity index (χ4v) is 1.02. The molecular weight excluding hydrogens is 180 g/mol. The Morgan fingerprint density at radius 3 is 2.86 bits per heavy atom. The van der Waals surface area contributed by atoms with Crippen molar-refractivity contribution in [1.82, 2.24) is 0 Å². The molecular formula is C10H8N2O2. The van der Waals surface area contributed by atoms with Gasteiger partial charge in [0.25, 0.3) is 0 Å². The maximum atomic E-state index is 10.3. The minimum absolute atomic E-state index is 0.0435. The third-order valence-corrected chi connectivity index (χ3v) is 1.67. The zero-order chi connectivity index (χ0) is 10.4. The number of benzene rings is 1. The highest BCUT2D eigenvalue weighted by molar-refractivity contribution is 5.85. The fraction of sp³-hybridized carbons (Fsp3) is 0.100. The fourth-order valence-electron chi connectivity index (χ4n) is 1.02. The highest BCUT2D eigenvalue weighted by Crippen LogP contribution is 2.10. The molecule has 0 saturated carbocycles. The molecule has 0 aliphatic carbocycles. The van der Waals surface area contributed by atoms with Crippen LogP contribution in [0.1, 0.15) is 11.1 Å². The molecule has 0 saturated heterocycles. The third kappa shape index (κ3) is 2.42. The van der Waals surface area contributed by atoms with Gasteiger partial charge in [-0.05, 0) is 11.6 Å².